The first-order valence-electron chi connectivity index (χ1n) is 5.12. The minimum absolute atomic E-state index is 0.0536. The summed E-state index contributed by atoms with van der Waals surface area (Å²) in [6, 6.07) is 0. The third-order valence-corrected chi connectivity index (χ3v) is 3.29. The van der Waals surface area contributed by atoms with Crippen LogP contribution < -0.4 is 0 Å². The van der Waals surface area contributed by atoms with Gasteiger partial charge in [-0.3, -0.25) is 4.79 Å². The summed E-state index contributed by atoms with van der Waals surface area (Å²) in [5.74, 6) is 0.509. The number of hydrogen-bond donors (Lipinski definition) is 0. The number of rotatable bonds is 3. The van der Waals surface area contributed by atoms with Crippen molar-refractivity contribution in [3.8, 4) is 0 Å². The summed E-state index contributed by atoms with van der Waals surface area (Å²) in [7, 11) is 1.47. The zero-order valence-corrected chi connectivity index (χ0v) is 9.76. The number of ether oxygens (including phenoxy) is 1. The van der Waals surface area contributed by atoms with Gasteiger partial charge in [0.1, 0.15) is 0 Å². The van der Waals surface area contributed by atoms with Crippen LogP contribution in [0.15, 0.2) is 11.6 Å². The Hall–Kier alpha value is -0.790. The van der Waals surface area contributed by atoms with E-state index in [1.165, 1.54) is 12.7 Å². The number of methoxy groups -OCH3 is 1. The zero-order chi connectivity index (χ0) is 10.9. The van der Waals surface area contributed by atoms with Gasteiger partial charge < -0.3 is 4.74 Å². The van der Waals surface area contributed by atoms with Gasteiger partial charge in [-0.05, 0) is 31.6 Å². The minimum Gasteiger partial charge on any atom is -0.469 e. The van der Waals surface area contributed by atoms with Crippen LogP contribution in [0.2, 0.25) is 0 Å². The lowest BCUT2D eigenvalue weighted by Crippen LogP contribution is -2.07. The molecule has 0 N–H and O–H groups in total. The van der Waals surface area contributed by atoms with Crippen molar-refractivity contribution in [2.75, 3.05) is 7.11 Å². The van der Waals surface area contributed by atoms with Crippen LogP contribution in [0.4, 0.5) is 0 Å². The highest BCUT2D eigenvalue weighted by Crippen LogP contribution is 2.60. The normalized spacial score (nSPS) is 28.1. The van der Waals surface area contributed by atoms with Crippen molar-refractivity contribution >= 4 is 5.97 Å². The fourth-order valence-corrected chi connectivity index (χ4v) is 2.14. The third-order valence-electron chi connectivity index (χ3n) is 3.29. The smallest absolute Gasteiger partial charge is 0.309 e. The highest BCUT2D eigenvalue weighted by molar-refractivity contribution is 5.77. The standard InChI is InChI=1S/C12H20O2/c1-8(2)6-7-9-10(11(13)14-5)12(9,3)4/h6,9-10H,7H2,1-5H3/t9-,10+/m1/s1. The predicted molar refractivity (Wildman–Crippen MR) is 56.8 cm³/mol. The van der Waals surface area contributed by atoms with Crippen molar-refractivity contribution in [2.24, 2.45) is 17.3 Å². The van der Waals surface area contributed by atoms with Gasteiger partial charge in [0.15, 0.2) is 0 Å². The van der Waals surface area contributed by atoms with Crippen molar-refractivity contribution < 1.29 is 9.53 Å². The first kappa shape index (κ1) is 11.3. The molecule has 1 saturated carbocycles. The van der Waals surface area contributed by atoms with Crippen molar-refractivity contribution in [2.45, 2.75) is 34.1 Å². The molecule has 0 saturated heterocycles. The molecule has 0 heterocycles. The Balaban J connectivity index is 2.58. The second kappa shape index (κ2) is 3.76. The summed E-state index contributed by atoms with van der Waals surface area (Å²) < 4.78 is 4.79. The Labute approximate surface area is 86.3 Å². The minimum atomic E-state index is -0.0536. The van der Waals surface area contributed by atoms with Gasteiger partial charge in [0.2, 0.25) is 0 Å². The van der Waals surface area contributed by atoms with E-state index in [-0.39, 0.29) is 17.3 Å². The average molecular weight is 196 g/mol. The van der Waals surface area contributed by atoms with Crippen LogP contribution in [0.3, 0.4) is 0 Å². The summed E-state index contributed by atoms with van der Waals surface area (Å²) in [4.78, 5) is 11.4. The summed E-state index contributed by atoms with van der Waals surface area (Å²) in [5.41, 5.74) is 1.44. The summed E-state index contributed by atoms with van der Waals surface area (Å²) >= 11 is 0. The molecule has 0 aromatic rings. The predicted octanol–water partition coefficient (Wildman–Crippen LogP) is 2.79. The van der Waals surface area contributed by atoms with Crippen LogP contribution in [-0.2, 0) is 9.53 Å². The van der Waals surface area contributed by atoms with E-state index in [1.807, 2.05) is 0 Å². The Bertz CT molecular complexity index is 259. The lowest BCUT2D eigenvalue weighted by atomic mass is 10.1. The van der Waals surface area contributed by atoms with Gasteiger partial charge >= 0.3 is 5.97 Å². The van der Waals surface area contributed by atoms with Crippen molar-refractivity contribution in [1.82, 2.24) is 0 Å². The van der Waals surface area contributed by atoms with E-state index in [4.69, 9.17) is 4.74 Å². The van der Waals surface area contributed by atoms with Crippen molar-refractivity contribution in [3.05, 3.63) is 11.6 Å². The van der Waals surface area contributed by atoms with Gasteiger partial charge in [-0.25, -0.2) is 0 Å². The monoisotopic (exact) mass is 196 g/mol. The lowest BCUT2D eigenvalue weighted by molar-refractivity contribution is -0.143. The summed E-state index contributed by atoms with van der Waals surface area (Å²) in [6.07, 6.45) is 3.20. The molecule has 0 amide bonds. The molecule has 1 fully saturated rings. The zero-order valence-electron chi connectivity index (χ0n) is 9.76. The second-order valence-corrected chi connectivity index (χ2v) is 4.95. The van der Waals surface area contributed by atoms with E-state index >= 15 is 0 Å². The SMILES string of the molecule is COC(=O)[C@@H]1[C@@H](CC=C(C)C)C1(C)C. The molecule has 2 nitrogen and oxygen atoms in total. The number of carbonyl (C=O) groups excluding carboxylic acids is 1. The van der Waals surface area contributed by atoms with Crippen LogP contribution in [0.1, 0.15) is 34.1 Å². The lowest BCUT2D eigenvalue weighted by Gasteiger charge is -1.99. The van der Waals surface area contributed by atoms with Crippen LogP contribution in [-0.4, -0.2) is 13.1 Å². The summed E-state index contributed by atoms with van der Waals surface area (Å²) in [6.45, 7) is 8.45. The molecule has 14 heavy (non-hydrogen) atoms. The van der Waals surface area contributed by atoms with E-state index in [1.54, 1.807) is 0 Å². The second-order valence-electron chi connectivity index (χ2n) is 4.95. The Kier molecular flexibility index (Phi) is 3.03. The quantitative estimate of drug-likeness (QED) is 0.512. The molecule has 2 atom stereocenters. The molecule has 0 radical (unpaired) electrons. The number of allylic oxidation sites excluding steroid dienone is 2. The molecule has 0 unspecified atom stereocenters. The molecule has 0 aliphatic heterocycles. The van der Waals surface area contributed by atoms with Gasteiger partial charge in [0.05, 0.1) is 13.0 Å². The molecule has 0 aromatic carbocycles. The maximum Gasteiger partial charge on any atom is 0.309 e. The fraction of sp³-hybridized carbons (Fsp3) is 0.750. The highest BCUT2D eigenvalue weighted by Gasteiger charge is 2.61. The van der Waals surface area contributed by atoms with E-state index in [9.17, 15) is 4.79 Å². The first-order chi connectivity index (χ1) is 6.41. The average Bonchev–Trinajstić information content (AvgIpc) is 2.63. The van der Waals surface area contributed by atoms with Crippen molar-refractivity contribution in [3.63, 3.8) is 0 Å². The van der Waals surface area contributed by atoms with Crippen LogP contribution >= 0.6 is 0 Å². The molecule has 0 spiro atoms. The van der Waals surface area contributed by atoms with Crippen LogP contribution in [0, 0.1) is 17.3 Å². The maximum atomic E-state index is 11.4. The van der Waals surface area contributed by atoms with E-state index in [0.29, 0.717) is 5.92 Å². The molecule has 0 aromatic heterocycles. The van der Waals surface area contributed by atoms with Crippen molar-refractivity contribution in [1.29, 1.82) is 0 Å². The van der Waals surface area contributed by atoms with E-state index in [0.717, 1.165) is 6.42 Å². The molecule has 1 rings (SSSR count). The Morgan fingerprint density at radius 1 is 1.43 bits per heavy atom. The number of carbonyl (C=O) groups is 1. The number of hydrogen-bond acceptors (Lipinski definition) is 2. The molecular formula is C12H20O2. The van der Waals surface area contributed by atoms with Gasteiger partial charge in [-0.1, -0.05) is 25.5 Å². The number of esters is 1. The Morgan fingerprint density at radius 3 is 2.43 bits per heavy atom. The molecule has 1 aliphatic rings. The third kappa shape index (κ3) is 1.99. The topological polar surface area (TPSA) is 26.3 Å². The van der Waals surface area contributed by atoms with Crippen LogP contribution in [0.5, 0.6) is 0 Å². The van der Waals surface area contributed by atoms with E-state index < -0.39 is 0 Å². The first-order valence-corrected chi connectivity index (χ1v) is 5.12. The van der Waals surface area contributed by atoms with Crippen LogP contribution in [0.25, 0.3) is 0 Å². The Morgan fingerprint density at radius 2 is 2.00 bits per heavy atom. The fourth-order valence-electron chi connectivity index (χ4n) is 2.14. The molecule has 80 valence electrons. The van der Waals surface area contributed by atoms with E-state index in [2.05, 4.69) is 33.8 Å². The molecule has 0 bridgehead atoms. The molecular weight excluding hydrogens is 176 g/mol. The largest absolute Gasteiger partial charge is 0.469 e. The van der Waals surface area contributed by atoms with Gasteiger partial charge in [-0.15, -0.1) is 0 Å². The summed E-state index contributed by atoms with van der Waals surface area (Å²) in [5, 5.41) is 0. The molecule has 1 aliphatic carbocycles. The maximum absolute atomic E-state index is 11.4. The highest BCUT2D eigenvalue weighted by atomic mass is 16.5. The van der Waals surface area contributed by atoms with Gasteiger partial charge in [0, 0.05) is 0 Å². The van der Waals surface area contributed by atoms with Gasteiger partial charge in [0.25, 0.3) is 0 Å². The van der Waals surface area contributed by atoms with Gasteiger partial charge in [-0.2, -0.15) is 0 Å². The molecule has 2 heteroatoms.